The fourth-order valence-electron chi connectivity index (χ4n) is 3.30. The molecule has 170 valence electrons. The highest BCUT2D eigenvalue weighted by atomic mass is 32.1. The molecule has 0 unspecified atom stereocenters. The lowest BCUT2D eigenvalue weighted by Gasteiger charge is -2.07. The Labute approximate surface area is 192 Å². The lowest BCUT2D eigenvalue weighted by molar-refractivity contribution is 0.0957. The minimum Gasteiger partial charge on any atom is -0.494 e. The lowest BCUT2D eigenvalue weighted by atomic mass is 10.1. The van der Waals surface area contributed by atoms with Gasteiger partial charge in [0.15, 0.2) is 0 Å². The van der Waals surface area contributed by atoms with Gasteiger partial charge in [-0.1, -0.05) is 25.5 Å². The van der Waals surface area contributed by atoms with E-state index in [1.165, 1.54) is 16.0 Å². The third-order valence-electron chi connectivity index (χ3n) is 5.33. The van der Waals surface area contributed by atoms with Gasteiger partial charge in [0.1, 0.15) is 15.6 Å². The summed E-state index contributed by atoms with van der Waals surface area (Å²) >= 11 is 1.24. The first kappa shape index (κ1) is 23.7. The van der Waals surface area contributed by atoms with Gasteiger partial charge in [-0.2, -0.15) is 5.10 Å². The topological polar surface area (TPSA) is 86.1 Å². The van der Waals surface area contributed by atoms with Gasteiger partial charge >= 0.3 is 0 Å². The molecule has 0 atom stereocenters. The van der Waals surface area contributed by atoms with Crippen molar-refractivity contribution in [1.82, 2.24) is 20.1 Å². The molecule has 2 heterocycles. The van der Waals surface area contributed by atoms with Crippen molar-refractivity contribution in [3.05, 3.63) is 62.0 Å². The molecule has 1 N–H and O–H groups in total. The second-order valence-electron chi connectivity index (χ2n) is 7.80. The Morgan fingerprint density at radius 3 is 2.56 bits per heavy atom. The monoisotopic (exact) mass is 454 g/mol. The zero-order valence-corrected chi connectivity index (χ0v) is 20.1. The molecule has 2 aromatic heterocycles. The molecule has 0 spiro atoms. The number of carbonyl (C=O) groups is 1. The number of nitrogens with one attached hydrogen (secondary N) is 1. The molecule has 1 aromatic carbocycles. The Kier molecular flexibility index (Phi) is 7.80. The van der Waals surface area contributed by atoms with E-state index in [0.717, 1.165) is 48.4 Å². The Bertz CT molecular complexity index is 1150. The van der Waals surface area contributed by atoms with Gasteiger partial charge in [-0.3, -0.25) is 9.59 Å². The third-order valence-corrected chi connectivity index (χ3v) is 6.51. The van der Waals surface area contributed by atoms with E-state index in [1.807, 2.05) is 38.1 Å². The zero-order chi connectivity index (χ0) is 23.3. The van der Waals surface area contributed by atoms with E-state index in [4.69, 9.17) is 4.74 Å². The van der Waals surface area contributed by atoms with Gasteiger partial charge in [-0.15, -0.1) is 11.3 Å². The Balaban J connectivity index is 1.64. The Morgan fingerprint density at radius 2 is 1.88 bits per heavy atom. The molecule has 0 aliphatic heterocycles. The molecule has 1 amide bonds. The summed E-state index contributed by atoms with van der Waals surface area (Å²) in [6.45, 7) is 8.88. The van der Waals surface area contributed by atoms with Crippen LogP contribution in [0.5, 0.6) is 5.75 Å². The first-order valence-electron chi connectivity index (χ1n) is 10.8. The molecule has 7 nitrogen and oxygen atoms in total. The fourth-order valence-corrected chi connectivity index (χ4v) is 4.38. The quantitative estimate of drug-likeness (QED) is 0.494. The van der Waals surface area contributed by atoms with Crippen molar-refractivity contribution in [2.24, 2.45) is 7.05 Å². The number of carbonyl (C=O) groups excluding carboxylic acids is 1. The fraction of sp³-hybridized carbons (Fsp3) is 0.417. The number of rotatable bonds is 9. The Morgan fingerprint density at radius 1 is 1.16 bits per heavy atom. The summed E-state index contributed by atoms with van der Waals surface area (Å²) in [5.41, 5.74) is 3.59. The molecule has 0 bridgehead atoms. The van der Waals surface area contributed by atoms with Crippen LogP contribution >= 0.6 is 11.3 Å². The molecule has 0 aliphatic carbocycles. The number of aryl methyl sites for hydroxylation is 3. The van der Waals surface area contributed by atoms with Crippen LogP contribution in [0.25, 0.3) is 10.6 Å². The first-order valence-corrected chi connectivity index (χ1v) is 11.7. The maximum Gasteiger partial charge on any atom is 0.277 e. The minimum atomic E-state index is -0.212. The van der Waals surface area contributed by atoms with E-state index in [9.17, 15) is 9.59 Å². The van der Waals surface area contributed by atoms with Gasteiger partial charge in [0.25, 0.3) is 11.5 Å². The van der Waals surface area contributed by atoms with Gasteiger partial charge in [-0.25, -0.2) is 9.67 Å². The molecule has 0 saturated heterocycles. The number of amides is 1. The van der Waals surface area contributed by atoms with E-state index in [2.05, 4.69) is 22.3 Å². The number of aromatic nitrogens is 3. The standard InChI is InChI=1S/C24H30N4O3S/c1-6-7-14-31-19-10-8-18(9-11-19)12-13-25-22(29)21-17(4)26-23(32-21)20-15(2)16(3)27-28(5)24(20)30/h8-11H,6-7,12-14H2,1-5H3,(H,25,29). The molecule has 32 heavy (non-hydrogen) atoms. The number of benzene rings is 1. The molecular weight excluding hydrogens is 424 g/mol. The highest BCUT2D eigenvalue weighted by Gasteiger charge is 2.20. The van der Waals surface area contributed by atoms with Crippen LogP contribution in [0, 0.1) is 20.8 Å². The van der Waals surface area contributed by atoms with E-state index in [-0.39, 0.29) is 11.5 Å². The number of hydrogen-bond donors (Lipinski definition) is 1. The second kappa shape index (κ2) is 10.5. The summed E-state index contributed by atoms with van der Waals surface area (Å²) in [5.74, 6) is 0.692. The van der Waals surface area contributed by atoms with E-state index >= 15 is 0 Å². The summed E-state index contributed by atoms with van der Waals surface area (Å²) < 4.78 is 7.00. The second-order valence-corrected chi connectivity index (χ2v) is 8.80. The van der Waals surface area contributed by atoms with Crippen molar-refractivity contribution >= 4 is 17.2 Å². The number of ether oxygens (including phenoxy) is 1. The van der Waals surface area contributed by atoms with Gasteiger partial charge in [0, 0.05) is 13.6 Å². The van der Waals surface area contributed by atoms with Crippen molar-refractivity contribution in [1.29, 1.82) is 0 Å². The average molecular weight is 455 g/mol. The summed E-state index contributed by atoms with van der Waals surface area (Å²) in [6, 6.07) is 7.97. The van der Waals surface area contributed by atoms with Gasteiger partial charge in [0.2, 0.25) is 0 Å². The van der Waals surface area contributed by atoms with Crippen LogP contribution in [-0.2, 0) is 13.5 Å². The van der Waals surface area contributed by atoms with Crippen molar-refractivity contribution in [3.8, 4) is 16.3 Å². The third kappa shape index (κ3) is 5.43. The smallest absolute Gasteiger partial charge is 0.277 e. The molecule has 0 radical (unpaired) electrons. The van der Waals surface area contributed by atoms with Crippen molar-refractivity contribution in [3.63, 3.8) is 0 Å². The number of hydrogen-bond acceptors (Lipinski definition) is 6. The van der Waals surface area contributed by atoms with Crippen LogP contribution in [0.1, 0.15) is 52.0 Å². The molecule has 3 rings (SSSR count). The summed E-state index contributed by atoms with van der Waals surface area (Å²) in [4.78, 5) is 30.4. The largest absolute Gasteiger partial charge is 0.494 e. The van der Waals surface area contributed by atoms with Gasteiger partial charge in [-0.05, 0) is 56.9 Å². The van der Waals surface area contributed by atoms with Gasteiger partial charge in [0.05, 0.1) is 23.6 Å². The van der Waals surface area contributed by atoms with Crippen LogP contribution in [0.3, 0.4) is 0 Å². The van der Waals surface area contributed by atoms with Crippen molar-refractivity contribution in [2.75, 3.05) is 13.2 Å². The predicted octanol–water partition coefficient (Wildman–Crippen LogP) is 3.98. The van der Waals surface area contributed by atoms with Crippen molar-refractivity contribution in [2.45, 2.75) is 47.0 Å². The normalized spacial score (nSPS) is 10.9. The highest BCUT2D eigenvalue weighted by Crippen LogP contribution is 2.28. The summed E-state index contributed by atoms with van der Waals surface area (Å²) in [5, 5.41) is 7.73. The SMILES string of the molecule is CCCCOc1ccc(CCNC(=O)c2sc(-c3c(C)c(C)nn(C)c3=O)nc2C)cc1. The molecule has 8 heteroatoms. The number of nitrogens with zero attached hydrogens (tertiary/aromatic N) is 3. The van der Waals surface area contributed by atoms with Gasteiger partial charge < -0.3 is 10.1 Å². The number of unbranched alkanes of at least 4 members (excludes halogenated alkanes) is 1. The number of thiazole rings is 1. The predicted molar refractivity (Wildman–Crippen MR) is 128 cm³/mol. The van der Waals surface area contributed by atoms with Crippen LogP contribution in [-0.4, -0.2) is 33.8 Å². The molecule has 0 saturated carbocycles. The van der Waals surface area contributed by atoms with Crippen LogP contribution in [0.4, 0.5) is 0 Å². The lowest BCUT2D eigenvalue weighted by Crippen LogP contribution is -2.25. The summed E-state index contributed by atoms with van der Waals surface area (Å²) in [7, 11) is 1.62. The van der Waals surface area contributed by atoms with E-state index in [1.54, 1.807) is 14.0 Å². The van der Waals surface area contributed by atoms with E-state index < -0.39 is 0 Å². The molecule has 0 aliphatic rings. The van der Waals surface area contributed by atoms with Crippen molar-refractivity contribution < 1.29 is 9.53 Å². The van der Waals surface area contributed by atoms with E-state index in [0.29, 0.717) is 27.7 Å². The average Bonchev–Trinajstić information content (AvgIpc) is 3.15. The Hall–Kier alpha value is -3.00. The summed E-state index contributed by atoms with van der Waals surface area (Å²) in [6.07, 6.45) is 2.87. The highest BCUT2D eigenvalue weighted by molar-refractivity contribution is 7.17. The molecule has 0 fully saturated rings. The minimum absolute atomic E-state index is 0.175. The molecule has 3 aromatic rings. The van der Waals surface area contributed by atoms with Crippen LogP contribution < -0.4 is 15.6 Å². The molecular formula is C24H30N4O3S. The van der Waals surface area contributed by atoms with Crippen LogP contribution in [0.2, 0.25) is 0 Å². The van der Waals surface area contributed by atoms with Crippen LogP contribution in [0.15, 0.2) is 29.1 Å². The maximum absolute atomic E-state index is 12.7. The first-order chi connectivity index (χ1) is 15.3. The maximum atomic E-state index is 12.7. The zero-order valence-electron chi connectivity index (χ0n) is 19.3.